The van der Waals surface area contributed by atoms with Gasteiger partial charge in [-0.25, -0.2) is 4.98 Å². The van der Waals surface area contributed by atoms with Gasteiger partial charge in [-0.05, 0) is 30.4 Å². The Morgan fingerprint density at radius 3 is 2.79 bits per heavy atom. The molecule has 1 aromatic heterocycles. The minimum Gasteiger partial charge on any atom is -0.308 e. The average Bonchev–Trinajstić information content (AvgIpc) is 2.75. The maximum Gasteiger partial charge on any atom is 0.0890 e. The van der Waals surface area contributed by atoms with Crippen molar-refractivity contribution in [2.75, 3.05) is 0 Å². The normalized spacial score (nSPS) is 21.9. The van der Waals surface area contributed by atoms with Crippen LogP contribution < -0.4 is 5.32 Å². The van der Waals surface area contributed by atoms with E-state index < -0.39 is 0 Å². The number of benzene rings is 1. The molecular weight excluding hydrogens is 234 g/mol. The zero-order valence-corrected chi connectivity index (χ0v) is 11.7. The van der Waals surface area contributed by atoms with E-state index in [2.05, 4.69) is 29.1 Å². The molecular formula is C16H21N3. The summed E-state index contributed by atoms with van der Waals surface area (Å²) in [7, 11) is 0. The first-order chi connectivity index (χ1) is 9.15. The Hall–Kier alpha value is -1.48. The standard InChI is InChI=1S/C16H21N3/c1-16(2)9-5-8-15(16)18-11-12-10-17-13-6-3-4-7-14(13)19-12/h3-4,6-7,10,15,18H,5,8-9,11H2,1-2H3. The van der Waals surface area contributed by atoms with E-state index in [1.807, 2.05) is 30.5 Å². The molecule has 3 nitrogen and oxygen atoms in total. The SMILES string of the molecule is CC1(C)CCCC1NCc1cnc2ccccc2n1. The maximum atomic E-state index is 4.66. The van der Waals surface area contributed by atoms with Crippen LogP contribution in [0.15, 0.2) is 30.5 Å². The maximum absolute atomic E-state index is 4.66. The number of hydrogen-bond donors (Lipinski definition) is 1. The molecule has 2 aromatic rings. The summed E-state index contributed by atoms with van der Waals surface area (Å²) in [6.45, 7) is 5.51. The van der Waals surface area contributed by atoms with Gasteiger partial charge in [0.25, 0.3) is 0 Å². The lowest BCUT2D eigenvalue weighted by molar-refractivity contribution is 0.282. The largest absolute Gasteiger partial charge is 0.308 e. The molecule has 1 aliphatic carbocycles. The molecule has 0 bridgehead atoms. The molecule has 1 unspecified atom stereocenters. The lowest BCUT2D eigenvalue weighted by Gasteiger charge is -2.27. The van der Waals surface area contributed by atoms with Gasteiger partial charge in [0.1, 0.15) is 0 Å². The Labute approximate surface area is 114 Å². The highest BCUT2D eigenvalue weighted by molar-refractivity contribution is 5.73. The van der Waals surface area contributed by atoms with Gasteiger partial charge in [0.2, 0.25) is 0 Å². The molecule has 0 saturated heterocycles. The molecule has 1 atom stereocenters. The lowest BCUT2D eigenvalue weighted by Crippen LogP contribution is -2.37. The van der Waals surface area contributed by atoms with E-state index in [1.54, 1.807) is 0 Å². The summed E-state index contributed by atoms with van der Waals surface area (Å²) in [5.74, 6) is 0. The summed E-state index contributed by atoms with van der Waals surface area (Å²) in [6, 6.07) is 8.62. The van der Waals surface area contributed by atoms with Crippen LogP contribution in [0.3, 0.4) is 0 Å². The van der Waals surface area contributed by atoms with Crippen LogP contribution in [0.1, 0.15) is 38.8 Å². The Morgan fingerprint density at radius 1 is 1.26 bits per heavy atom. The summed E-state index contributed by atoms with van der Waals surface area (Å²) in [6.07, 6.45) is 5.80. The van der Waals surface area contributed by atoms with Crippen LogP contribution in [0.2, 0.25) is 0 Å². The average molecular weight is 255 g/mol. The number of nitrogens with zero attached hydrogens (tertiary/aromatic N) is 2. The van der Waals surface area contributed by atoms with E-state index in [0.717, 1.165) is 23.3 Å². The zero-order valence-electron chi connectivity index (χ0n) is 11.7. The first-order valence-corrected chi connectivity index (χ1v) is 7.09. The third-order valence-corrected chi connectivity index (χ3v) is 4.29. The minimum atomic E-state index is 0.407. The Morgan fingerprint density at radius 2 is 2.05 bits per heavy atom. The third kappa shape index (κ3) is 2.61. The number of hydrogen-bond acceptors (Lipinski definition) is 3. The van der Waals surface area contributed by atoms with Crippen molar-refractivity contribution in [2.45, 2.75) is 45.7 Å². The van der Waals surface area contributed by atoms with Crippen LogP contribution in [0, 0.1) is 5.41 Å². The fourth-order valence-corrected chi connectivity index (χ4v) is 3.01. The first kappa shape index (κ1) is 12.5. The van der Waals surface area contributed by atoms with Crippen molar-refractivity contribution >= 4 is 11.0 Å². The van der Waals surface area contributed by atoms with E-state index in [9.17, 15) is 0 Å². The second-order valence-electron chi connectivity index (χ2n) is 6.16. The molecule has 1 N–H and O–H groups in total. The van der Waals surface area contributed by atoms with Gasteiger partial charge in [0, 0.05) is 12.6 Å². The first-order valence-electron chi connectivity index (χ1n) is 7.09. The molecule has 19 heavy (non-hydrogen) atoms. The highest BCUT2D eigenvalue weighted by Crippen LogP contribution is 2.37. The van der Waals surface area contributed by atoms with Gasteiger partial charge in [-0.2, -0.15) is 0 Å². The zero-order chi connectivity index (χ0) is 13.3. The summed E-state index contributed by atoms with van der Waals surface area (Å²) in [4.78, 5) is 9.12. The van der Waals surface area contributed by atoms with Crippen LogP contribution in [0.5, 0.6) is 0 Å². The predicted octanol–water partition coefficient (Wildman–Crippen LogP) is 3.30. The predicted molar refractivity (Wildman–Crippen MR) is 77.8 cm³/mol. The topological polar surface area (TPSA) is 37.8 Å². The molecule has 1 saturated carbocycles. The number of rotatable bonds is 3. The van der Waals surface area contributed by atoms with Gasteiger partial charge >= 0.3 is 0 Å². The van der Waals surface area contributed by atoms with Crippen LogP contribution in [0.4, 0.5) is 0 Å². The fourth-order valence-electron chi connectivity index (χ4n) is 3.01. The summed E-state index contributed by atoms with van der Waals surface area (Å²) >= 11 is 0. The van der Waals surface area contributed by atoms with Crippen molar-refractivity contribution < 1.29 is 0 Å². The van der Waals surface area contributed by atoms with Gasteiger partial charge in [0.05, 0.1) is 22.9 Å². The van der Waals surface area contributed by atoms with Crippen LogP contribution in [0.25, 0.3) is 11.0 Å². The number of fused-ring (bicyclic) bond motifs is 1. The second-order valence-corrected chi connectivity index (χ2v) is 6.16. The quantitative estimate of drug-likeness (QED) is 0.914. The molecule has 100 valence electrons. The van der Waals surface area contributed by atoms with Crippen molar-refractivity contribution in [1.29, 1.82) is 0 Å². The van der Waals surface area contributed by atoms with Crippen molar-refractivity contribution in [3.8, 4) is 0 Å². The number of nitrogens with one attached hydrogen (secondary N) is 1. The second kappa shape index (κ2) is 4.89. The van der Waals surface area contributed by atoms with Crippen molar-refractivity contribution in [3.05, 3.63) is 36.2 Å². The molecule has 1 fully saturated rings. The van der Waals surface area contributed by atoms with Gasteiger partial charge in [-0.1, -0.05) is 32.4 Å². The van der Waals surface area contributed by atoms with Crippen LogP contribution >= 0.6 is 0 Å². The smallest absolute Gasteiger partial charge is 0.0890 e. The van der Waals surface area contributed by atoms with Crippen molar-refractivity contribution in [1.82, 2.24) is 15.3 Å². The van der Waals surface area contributed by atoms with E-state index >= 15 is 0 Å². The van der Waals surface area contributed by atoms with E-state index in [-0.39, 0.29) is 0 Å². The molecule has 1 heterocycles. The highest BCUT2D eigenvalue weighted by atomic mass is 15.0. The molecule has 3 heteroatoms. The Kier molecular flexibility index (Phi) is 3.23. The van der Waals surface area contributed by atoms with E-state index in [4.69, 9.17) is 0 Å². The molecule has 3 rings (SSSR count). The minimum absolute atomic E-state index is 0.407. The summed E-state index contributed by atoms with van der Waals surface area (Å²) in [5, 5.41) is 3.65. The molecule has 0 spiro atoms. The lowest BCUT2D eigenvalue weighted by atomic mass is 9.87. The number of para-hydroxylation sites is 2. The monoisotopic (exact) mass is 255 g/mol. The molecule has 0 aliphatic heterocycles. The third-order valence-electron chi connectivity index (χ3n) is 4.29. The van der Waals surface area contributed by atoms with Crippen LogP contribution in [-0.4, -0.2) is 16.0 Å². The van der Waals surface area contributed by atoms with Crippen LogP contribution in [-0.2, 0) is 6.54 Å². The van der Waals surface area contributed by atoms with E-state index in [0.29, 0.717) is 11.5 Å². The van der Waals surface area contributed by atoms with Gasteiger partial charge in [-0.3, -0.25) is 4.98 Å². The highest BCUT2D eigenvalue weighted by Gasteiger charge is 2.33. The van der Waals surface area contributed by atoms with Crippen molar-refractivity contribution in [2.24, 2.45) is 5.41 Å². The summed E-state index contributed by atoms with van der Waals surface area (Å²) < 4.78 is 0. The fraction of sp³-hybridized carbons (Fsp3) is 0.500. The van der Waals surface area contributed by atoms with Crippen molar-refractivity contribution in [3.63, 3.8) is 0 Å². The van der Waals surface area contributed by atoms with E-state index in [1.165, 1.54) is 19.3 Å². The molecule has 0 amide bonds. The Bertz CT molecular complexity index is 577. The Balaban J connectivity index is 1.72. The molecule has 1 aromatic carbocycles. The van der Waals surface area contributed by atoms with Gasteiger partial charge in [-0.15, -0.1) is 0 Å². The molecule has 0 radical (unpaired) electrons. The van der Waals surface area contributed by atoms with Gasteiger partial charge in [0.15, 0.2) is 0 Å². The van der Waals surface area contributed by atoms with Gasteiger partial charge < -0.3 is 5.32 Å². The number of aromatic nitrogens is 2. The molecule has 1 aliphatic rings. The summed E-state index contributed by atoms with van der Waals surface area (Å²) in [5.41, 5.74) is 3.38.